The van der Waals surface area contributed by atoms with Crippen molar-refractivity contribution in [1.82, 2.24) is 19.9 Å². The Morgan fingerprint density at radius 1 is 0.653 bits per heavy atom. The van der Waals surface area contributed by atoms with Gasteiger partial charge in [-0.1, -0.05) is 23.5 Å². The van der Waals surface area contributed by atoms with Crippen LogP contribution in [0, 0.1) is 20.2 Å². The monoisotopic (exact) mass is 718 g/mol. The number of aromatic amines is 2. The summed E-state index contributed by atoms with van der Waals surface area (Å²) >= 11 is 2.21. The molecule has 4 aromatic carbocycles. The van der Waals surface area contributed by atoms with Crippen molar-refractivity contribution in [3.05, 3.63) is 105 Å². The molecule has 0 aliphatic heterocycles. The molecule has 248 valence electrons. The van der Waals surface area contributed by atoms with Gasteiger partial charge in [-0.3, -0.25) is 29.8 Å². The Bertz CT molecular complexity index is 2200. The number of nitro groups is 2. The van der Waals surface area contributed by atoms with Crippen LogP contribution < -0.4 is 10.6 Å². The summed E-state index contributed by atoms with van der Waals surface area (Å²) in [5.74, 6) is -0.772. The van der Waals surface area contributed by atoms with Crippen LogP contribution >= 0.6 is 23.5 Å². The van der Waals surface area contributed by atoms with E-state index < -0.39 is 19.7 Å². The second-order valence-corrected chi connectivity index (χ2v) is 14.1. The van der Waals surface area contributed by atoms with Crippen LogP contribution in [0.2, 0.25) is 0 Å². The molecule has 0 bridgehead atoms. The van der Waals surface area contributed by atoms with Crippen LogP contribution in [0.25, 0.3) is 22.1 Å². The lowest BCUT2D eigenvalue weighted by atomic mass is 10.3. The SMILES string of the molecule is O=C(CSc1nc2ccc([N+](=O)[O-])cc2[nH]1)Nc1ccc(S(=O)(=O)c2ccc(NC(=O)CSc3nc4ccc([N+](=O)[O-])cc4[nH]3)cc2)cc1. The molecule has 0 radical (unpaired) electrons. The Labute approximate surface area is 284 Å². The minimum atomic E-state index is -3.91. The van der Waals surface area contributed by atoms with Crippen LogP contribution in [0.3, 0.4) is 0 Å². The number of hydrogen-bond acceptors (Lipinski definition) is 12. The molecular weight excluding hydrogens is 697 g/mol. The molecule has 49 heavy (non-hydrogen) atoms. The Morgan fingerprint density at radius 3 is 1.41 bits per heavy atom. The predicted octanol–water partition coefficient (Wildman–Crippen LogP) is 5.55. The fourth-order valence-electron chi connectivity index (χ4n) is 4.55. The number of fused-ring (bicyclic) bond motifs is 2. The number of hydrogen-bond donors (Lipinski definition) is 4. The van der Waals surface area contributed by atoms with Gasteiger partial charge in [0.15, 0.2) is 10.3 Å². The molecule has 6 rings (SSSR count). The number of imidazole rings is 2. The molecule has 0 fully saturated rings. The van der Waals surface area contributed by atoms with Crippen molar-refractivity contribution >= 4 is 90.0 Å². The Hall–Kier alpha value is -5.79. The summed E-state index contributed by atoms with van der Waals surface area (Å²) in [6.45, 7) is 0. The molecule has 2 heterocycles. The number of amides is 2. The van der Waals surface area contributed by atoms with E-state index in [1.165, 1.54) is 84.9 Å². The maximum atomic E-state index is 13.2. The third-order valence-corrected chi connectivity index (χ3v) is 10.4. The molecule has 0 aliphatic rings. The van der Waals surface area contributed by atoms with Crippen molar-refractivity contribution in [2.45, 2.75) is 20.1 Å². The lowest BCUT2D eigenvalue weighted by Gasteiger charge is -2.09. The molecular formula is C30H22N8O8S3. The summed E-state index contributed by atoms with van der Waals surface area (Å²) in [6, 6.07) is 19.8. The average molecular weight is 719 g/mol. The standard InChI is InChI=1S/C30H22N8O8S3/c39-27(15-47-29-33-23-11-5-19(37(41)42)13-25(23)35-29)31-17-1-7-21(8-2-17)49(45,46)22-9-3-18(4-10-22)32-28(40)16-48-30-34-24-12-6-20(38(43)44)14-26(24)36-30/h1-14H,15-16H2,(H,31,39)(H,32,40)(H,33,35)(H,34,36). The first-order valence-corrected chi connectivity index (χ1v) is 17.5. The van der Waals surface area contributed by atoms with Gasteiger partial charge in [-0.25, -0.2) is 18.4 Å². The van der Waals surface area contributed by atoms with Gasteiger partial charge >= 0.3 is 0 Å². The molecule has 2 amide bonds. The second kappa shape index (κ2) is 13.7. The molecule has 0 saturated carbocycles. The molecule has 0 atom stereocenters. The normalized spacial score (nSPS) is 11.4. The lowest BCUT2D eigenvalue weighted by molar-refractivity contribution is -0.384. The Morgan fingerprint density at radius 2 is 1.04 bits per heavy atom. The number of carbonyl (C=O) groups excluding carboxylic acids is 2. The van der Waals surface area contributed by atoms with E-state index in [9.17, 15) is 38.2 Å². The number of nitrogens with zero attached hydrogens (tertiary/aromatic N) is 4. The highest BCUT2D eigenvalue weighted by Crippen LogP contribution is 2.27. The zero-order valence-corrected chi connectivity index (χ0v) is 27.2. The summed E-state index contributed by atoms with van der Waals surface area (Å²) in [5, 5.41) is 28.2. The summed E-state index contributed by atoms with van der Waals surface area (Å²) in [5.41, 5.74) is 2.60. The number of aromatic nitrogens is 4. The molecule has 0 saturated heterocycles. The number of H-pyrrole nitrogens is 2. The number of anilines is 2. The van der Waals surface area contributed by atoms with Crippen molar-refractivity contribution in [3.8, 4) is 0 Å². The van der Waals surface area contributed by atoms with Gasteiger partial charge in [-0.2, -0.15) is 0 Å². The van der Waals surface area contributed by atoms with E-state index in [4.69, 9.17) is 0 Å². The molecule has 19 heteroatoms. The lowest BCUT2D eigenvalue weighted by Crippen LogP contribution is -2.14. The van der Waals surface area contributed by atoms with Crippen LogP contribution in [0.4, 0.5) is 22.7 Å². The van der Waals surface area contributed by atoms with Gasteiger partial charge in [-0.05, 0) is 60.7 Å². The predicted molar refractivity (Wildman–Crippen MR) is 183 cm³/mol. The molecule has 0 spiro atoms. The number of nitro benzene ring substituents is 2. The minimum Gasteiger partial charge on any atom is -0.333 e. The summed E-state index contributed by atoms with van der Waals surface area (Å²) in [6.07, 6.45) is 0. The number of non-ortho nitro benzene ring substituents is 2. The van der Waals surface area contributed by atoms with Gasteiger partial charge in [0.05, 0.1) is 53.2 Å². The van der Waals surface area contributed by atoms with Crippen molar-refractivity contribution in [2.75, 3.05) is 22.1 Å². The number of rotatable bonds is 12. The van der Waals surface area contributed by atoms with Crippen molar-refractivity contribution in [3.63, 3.8) is 0 Å². The summed E-state index contributed by atoms with van der Waals surface area (Å²) < 4.78 is 26.4. The quantitative estimate of drug-likeness (QED) is 0.0692. The molecule has 6 aromatic rings. The highest BCUT2D eigenvalue weighted by atomic mass is 32.2. The van der Waals surface area contributed by atoms with Crippen molar-refractivity contribution in [2.24, 2.45) is 0 Å². The fourth-order valence-corrected chi connectivity index (χ4v) is 7.18. The van der Waals surface area contributed by atoms with Crippen LogP contribution in [0.1, 0.15) is 0 Å². The largest absolute Gasteiger partial charge is 0.333 e. The number of nitrogens with one attached hydrogen (secondary N) is 4. The first-order valence-electron chi connectivity index (χ1n) is 14.0. The maximum absolute atomic E-state index is 13.2. The third kappa shape index (κ3) is 7.69. The van der Waals surface area contributed by atoms with E-state index in [2.05, 4.69) is 30.6 Å². The second-order valence-electron chi connectivity index (χ2n) is 10.2. The van der Waals surface area contributed by atoms with Crippen LogP contribution in [0.5, 0.6) is 0 Å². The van der Waals surface area contributed by atoms with Gasteiger partial charge in [-0.15, -0.1) is 0 Å². The Kier molecular flexibility index (Phi) is 9.29. The van der Waals surface area contributed by atoms with Gasteiger partial charge < -0.3 is 20.6 Å². The first-order chi connectivity index (χ1) is 23.4. The van der Waals surface area contributed by atoms with Gasteiger partial charge in [0.2, 0.25) is 21.7 Å². The van der Waals surface area contributed by atoms with Crippen LogP contribution in [-0.4, -0.2) is 61.5 Å². The Balaban J connectivity index is 1.00. The topological polar surface area (TPSA) is 236 Å². The van der Waals surface area contributed by atoms with E-state index in [1.807, 2.05) is 0 Å². The molecule has 0 unspecified atom stereocenters. The van der Waals surface area contributed by atoms with Crippen LogP contribution in [0.15, 0.2) is 105 Å². The zero-order chi connectivity index (χ0) is 34.7. The van der Waals surface area contributed by atoms with E-state index in [0.717, 1.165) is 23.5 Å². The third-order valence-electron chi connectivity index (χ3n) is 6.89. The smallest absolute Gasteiger partial charge is 0.271 e. The van der Waals surface area contributed by atoms with Gasteiger partial charge in [0, 0.05) is 35.6 Å². The highest BCUT2D eigenvalue weighted by Gasteiger charge is 2.19. The molecule has 0 aliphatic carbocycles. The van der Waals surface area contributed by atoms with Gasteiger partial charge in [0.1, 0.15) is 0 Å². The van der Waals surface area contributed by atoms with E-state index in [1.54, 1.807) is 0 Å². The number of benzene rings is 4. The zero-order valence-electron chi connectivity index (χ0n) is 24.8. The highest BCUT2D eigenvalue weighted by molar-refractivity contribution is 8.00. The average Bonchev–Trinajstić information content (AvgIpc) is 3.69. The number of sulfone groups is 1. The number of carbonyl (C=O) groups is 2. The van der Waals surface area contributed by atoms with Crippen LogP contribution in [-0.2, 0) is 19.4 Å². The molecule has 16 nitrogen and oxygen atoms in total. The molecule has 4 N–H and O–H groups in total. The number of thioether (sulfide) groups is 2. The van der Waals surface area contributed by atoms with Crippen molar-refractivity contribution < 1.29 is 27.9 Å². The van der Waals surface area contributed by atoms with E-state index in [0.29, 0.717) is 43.8 Å². The maximum Gasteiger partial charge on any atom is 0.271 e. The summed E-state index contributed by atoms with van der Waals surface area (Å²) in [7, 11) is -3.91. The van der Waals surface area contributed by atoms with Crippen molar-refractivity contribution in [1.29, 1.82) is 0 Å². The molecule has 2 aromatic heterocycles. The van der Waals surface area contributed by atoms with E-state index in [-0.39, 0.29) is 44.5 Å². The minimum absolute atomic E-state index is 0.000551. The van der Waals surface area contributed by atoms with Gasteiger partial charge in [0.25, 0.3) is 11.4 Å². The summed E-state index contributed by atoms with van der Waals surface area (Å²) in [4.78, 5) is 60.4. The van der Waals surface area contributed by atoms with E-state index >= 15 is 0 Å². The fraction of sp³-hybridized carbons (Fsp3) is 0.0667. The first kappa shape index (κ1) is 33.1.